The Labute approximate surface area is 171 Å². The second-order valence-electron chi connectivity index (χ2n) is 9.33. The minimum absolute atomic E-state index is 0.0570. The molecule has 4 bridgehead atoms. The molecule has 4 aliphatic rings. The van der Waals surface area contributed by atoms with Crippen LogP contribution >= 0.6 is 0 Å². The third-order valence-electron chi connectivity index (χ3n) is 6.81. The van der Waals surface area contributed by atoms with Gasteiger partial charge in [0.05, 0.1) is 0 Å². The first-order chi connectivity index (χ1) is 13.7. The van der Waals surface area contributed by atoms with Crippen molar-refractivity contribution in [3.05, 3.63) is 0 Å². The van der Waals surface area contributed by atoms with E-state index in [0.717, 1.165) is 25.7 Å². The first kappa shape index (κ1) is 21.6. The molecule has 0 aromatic heterocycles. The lowest BCUT2D eigenvalue weighted by Gasteiger charge is -2.55. The van der Waals surface area contributed by atoms with Crippen molar-refractivity contribution >= 4 is 23.8 Å². The van der Waals surface area contributed by atoms with Crippen molar-refractivity contribution in [3.63, 3.8) is 0 Å². The first-order valence-corrected chi connectivity index (χ1v) is 10.8. The van der Waals surface area contributed by atoms with E-state index in [0.29, 0.717) is 17.8 Å². The maximum absolute atomic E-state index is 13.0. The maximum atomic E-state index is 13.0. The Morgan fingerprint density at radius 2 is 1.52 bits per heavy atom. The molecule has 4 saturated carbocycles. The number of hydrogen-bond donors (Lipinski definition) is 3. The van der Waals surface area contributed by atoms with Crippen LogP contribution in [0.25, 0.3) is 0 Å². The second-order valence-corrected chi connectivity index (χ2v) is 9.33. The van der Waals surface area contributed by atoms with Crippen LogP contribution in [0.3, 0.4) is 0 Å². The van der Waals surface area contributed by atoms with Crippen LogP contribution in [0.15, 0.2) is 0 Å². The molecule has 4 aliphatic carbocycles. The molecule has 4 amide bonds. The minimum atomic E-state index is -0.836. The van der Waals surface area contributed by atoms with Crippen LogP contribution in [-0.4, -0.2) is 42.5 Å². The Morgan fingerprint density at radius 3 is 2.03 bits per heavy atom. The molecule has 4 fully saturated rings. The monoisotopic (exact) mass is 407 g/mol. The molecule has 0 saturated heterocycles. The largest absolute Gasteiger partial charge is 0.454 e. The van der Waals surface area contributed by atoms with Gasteiger partial charge in [-0.15, -0.1) is 0 Å². The highest BCUT2D eigenvalue weighted by molar-refractivity contribution is 5.96. The minimum Gasteiger partial charge on any atom is -0.454 e. The highest BCUT2D eigenvalue weighted by Crippen LogP contribution is 2.60. The van der Waals surface area contributed by atoms with E-state index < -0.39 is 30.6 Å². The molecule has 29 heavy (non-hydrogen) atoms. The summed E-state index contributed by atoms with van der Waals surface area (Å²) >= 11 is 0. The van der Waals surface area contributed by atoms with Gasteiger partial charge in [0.1, 0.15) is 6.04 Å². The van der Waals surface area contributed by atoms with Gasteiger partial charge in [-0.25, -0.2) is 9.59 Å². The van der Waals surface area contributed by atoms with E-state index in [1.54, 1.807) is 6.92 Å². The molecule has 0 aliphatic heterocycles. The smallest absolute Gasteiger partial charge is 0.328 e. The van der Waals surface area contributed by atoms with Crippen molar-refractivity contribution < 1.29 is 23.9 Å². The van der Waals surface area contributed by atoms with Gasteiger partial charge in [-0.1, -0.05) is 6.92 Å². The van der Waals surface area contributed by atoms with Gasteiger partial charge in [0.25, 0.3) is 5.91 Å². The zero-order valence-corrected chi connectivity index (χ0v) is 17.6. The zero-order chi connectivity index (χ0) is 21.2. The second kappa shape index (κ2) is 8.71. The lowest BCUT2D eigenvalue weighted by Crippen LogP contribution is -2.56. The van der Waals surface area contributed by atoms with E-state index in [2.05, 4.69) is 16.0 Å². The summed E-state index contributed by atoms with van der Waals surface area (Å²) in [5.41, 5.74) is -0.339. The number of urea groups is 1. The number of rotatable bonds is 7. The van der Waals surface area contributed by atoms with E-state index in [4.69, 9.17) is 4.74 Å². The number of carbonyl (C=O) groups excluding carboxylic acids is 4. The normalized spacial score (nSPS) is 31.5. The number of hydrogen-bond acceptors (Lipinski definition) is 5. The molecule has 8 nitrogen and oxygen atoms in total. The van der Waals surface area contributed by atoms with Crippen LogP contribution in [0.2, 0.25) is 0 Å². The van der Waals surface area contributed by atoms with Gasteiger partial charge in [0.2, 0.25) is 5.91 Å². The Kier molecular flexibility index (Phi) is 6.49. The summed E-state index contributed by atoms with van der Waals surface area (Å²) in [5, 5.41) is 7.52. The molecular weight excluding hydrogens is 374 g/mol. The molecule has 2 atom stereocenters. The Morgan fingerprint density at radius 1 is 0.966 bits per heavy atom. The molecule has 0 unspecified atom stereocenters. The van der Waals surface area contributed by atoms with Gasteiger partial charge in [-0.05, 0) is 76.5 Å². The molecule has 0 aromatic carbocycles. The molecular formula is C21H33N3O5. The van der Waals surface area contributed by atoms with Crippen molar-refractivity contribution in [3.8, 4) is 0 Å². The van der Waals surface area contributed by atoms with E-state index >= 15 is 0 Å². The maximum Gasteiger partial charge on any atom is 0.328 e. The Hall–Kier alpha value is -2.12. The van der Waals surface area contributed by atoms with Crippen molar-refractivity contribution in [2.45, 2.75) is 77.8 Å². The van der Waals surface area contributed by atoms with Crippen LogP contribution in [0.5, 0.6) is 0 Å². The average molecular weight is 408 g/mol. The highest BCUT2D eigenvalue weighted by Gasteiger charge is 2.54. The molecule has 0 aromatic rings. The van der Waals surface area contributed by atoms with Crippen LogP contribution in [0.4, 0.5) is 4.79 Å². The van der Waals surface area contributed by atoms with Crippen LogP contribution in [-0.2, 0) is 19.1 Å². The van der Waals surface area contributed by atoms with E-state index in [-0.39, 0.29) is 17.4 Å². The number of nitrogens with one attached hydrogen (secondary N) is 3. The quantitative estimate of drug-likeness (QED) is 0.558. The topological polar surface area (TPSA) is 114 Å². The lowest BCUT2D eigenvalue weighted by atomic mass is 9.49. The number of carbonyl (C=O) groups is 4. The summed E-state index contributed by atoms with van der Waals surface area (Å²) < 4.78 is 4.97. The fourth-order valence-electron chi connectivity index (χ4n) is 5.58. The average Bonchev–Trinajstić information content (AvgIpc) is 2.64. The van der Waals surface area contributed by atoms with Gasteiger partial charge in [0.15, 0.2) is 6.61 Å². The Balaban J connectivity index is 1.43. The molecule has 8 heteroatoms. The fourth-order valence-corrected chi connectivity index (χ4v) is 5.58. The summed E-state index contributed by atoms with van der Waals surface area (Å²) in [4.78, 5) is 48.6. The van der Waals surface area contributed by atoms with E-state index in [1.165, 1.54) is 19.3 Å². The summed E-state index contributed by atoms with van der Waals surface area (Å²) in [6.45, 7) is 4.73. The van der Waals surface area contributed by atoms with Gasteiger partial charge in [-0.2, -0.15) is 0 Å². The standard InChI is InChI=1S/C21H33N3O5/c1-4-12(2)22-20(28)24-17(25)11-29-18(26)13(3)23-19(27)21-8-14-5-15(9-21)7-16(6-14)10-21/h12-16H,4-11H2,1-3H3,(H,23,27)(H2,22,24,25,28)/t12-,13-,14?,15?,16?,21?/m0/s1. The van der Waals surface area contributed by atoms with E-state index in [9.17, 15) is 19.2 Å². The third-order valence-corrected chi connectivity index (χ3v) is 6.81. The SMILES string of the molecule is CC[C@H](C)NC(=O)NC(=O)COC(=O)[C@H](C)NC(=O)C12CC3CC(CC(C3)C1)C2. The first-order valence-electron chi connectivity index (χ1n) is 10.8. The van der Waals surface area contributed by atoms with Crippen molar-refractivity contribution in [2.24, 2.45) is 23.2 Å². The van der Waals surface area contributed by atoms with Crippen LogP contribution in [0, 0.1) is 23.2 Å². The zero-order valence-electron chi connectivity index (χ0n) is 17.6. The van der Waals surface area contributed by atoms with Gasteiger partial charge in [0, 0.05) is 11.5 Å². The summed E-state index contributed by atoms with van der Waals surface area (Å²) in [5.74, 6) is 0.469. The van der Waals surface area contributed by atoms with Gasteiger partial charge < -0.3 is 15.4 Å². The van der Waals surface area contributed by atoms with Crippen molar-refractivity contribution in [1.82, 2.24) is 16.0 Å². The number of amides is 4. The molecule has 0 radical (unpaired) electrons. The predicted molar refractivity (Wildman–Crippen MR) is 106 cm³/mol. The predicted octanol–water partition coefficient (Wildman–Crippen LogP) is 1.87. The van der Waals surface area contributed by atoms with E-state index in [1.807, 2.05) is 13.8 Å². The molecule has 4 rings (SSSR count). The summed E-state index contributed by atoms with van der Waals surface area (Å²) in [6.07, 6.45) is 7.20. The number of imide groups is 1. The molecule has 162 valence electrons. The molecule has 0 spiro atoms. The number of esters is 1. The lowest BCUT2D eigenvalue weighted by molar-refractivity contribution is -0.155. The highest BCUT2D eigenvalue weighted by atomic mass is 16.5. The van der Waals surface area contributed by atoms with Crippen LogP contribution < -0.4 is 16.0 Å². The Bertz CT molecular complexity index is 642. The van der Waals surface area contributed by atoms with Crippen LogP contribution in [0.1, 0.15) is 65.7 Å². The molecule has 0 heterocycles. The van der Waals surface area contributed by atoms with Gasteiger partial charge >= 0.3 is 12.0 Å². The van der Waals surface area contributed by atoms with Gasteiger partial charge in [-0.3, -0.25) is 14.9 Å². The molecule has 3 N–H and O–H groups in total. The fraction of sp³-hybridized carbons (Fsp3) is 0.810. The third kappa shape index (κ3) is 5.08. The summed E-state index contributed by atoms with van der Waals surface area (Å²) in [6, 6.07) is -1.52. The summed E-state index contributed by atoms with van der Waals surface area (Å²) in [7, 11) is 0. The van der Waals surface area contributed by atoms with Crippen molar-refractivity contribution in [2.75, 3.05) is 6.61 Å². The number of ether oxygens (including phenoxy) is 1. The van der Waals surface area contributed by atoms with Crippen molar-refractivity contribution in [1.29, 1.82) is 0 Å².